The molecule has 0 aliphatic rings. The van der Waals surface area contributed by atoms with Crippen molar-refractivity contribution in [3.8, 4) is 0 Å². The highest BCUT2D eigenvalue weighted by Crippen LogP contribution is 2.16. The van der Waals surface area contributed by atoms with Gasteiger partial charge in [-0.3, -0.25) is 4.40 Å². The first kappa shape index (κ1) is 5.13. The summed E-state index contributed by atoms with van der Waals surface area (Å²) in [4.78, 5) is 4.23. The summed E-state index contributed by atoms with van der Waals surface area (Å²) >= 11 is 0. The molecule has 2 heteroatoms. The maximum absolute atomic E-state index is 4.23. The van der Waals surface area contributed by atoms with Crippen LogP contribution in [0.4, 0.5) is 0 Å². The molecule has 3 aromatic heterocycles. The van der Waals surface area contributed by atoms with Gasteiger partial charge in [-0.1, -0.05) is 0 Å². The third kappa shape index (κ3) is 0.499. The Morgan fingerprint density at radius 1 is 0.909 bits per heavy atom. The largest absolute Gasteiger partial charge is 0.295 e. The van der Waals surface area contributed by atoms with Crippen LogP contribution in [0.25, 0.3) is 16.7 Å². The molecule has 0 aliphatic carbocycles. The van der Waals surface area contributed by atoms with Crippen molar-refractivity contribution < 1.29 is 0 Å². The zero-order valence-electron chi connectivity index (χ0n) is 5.86. The second-order valence-electron chi connectivity index (χ2n) is 2.65. The summed E-state index contributed by atoms with van der Waals surface area (Å²) in [5.74, 6) is 0. The Morgan fingerprint density at radius 2 is 1.64 bits per heavy atom. The number of aromatic nitrogens is 2. The zero-order valence-corrected chi connectivity index (χ0v) is 5.86. The molecular formula is C9H6N2. The van der Waals surface area contributed by atoms with Crippen molar-refractivity contribution in [2.75, 3.05) is 0 Å². The maximum atomic E-state index is 4.23. The lowest BCUT2D eigenvalue weighted by Gasteiger charge is -1.92. The Kier molecular flexibility index (Phi) is 0.714. The molecule has 52 valence electrons. The lowest BCUT2D eigenvalue weighted by Crippen LogP contribution is -1.82. The van der Waals surface area contributed by atoms with Crippen LogP contribution in [-0.2, 0) is 0 Å². The molecule has 11 heavy (non-hydrogen) atoms. The minimum atomic E-state index is 1.03. The van der Waals surface area contributed by atoms with Gasteiger partial charge in [0.15, 0.2) is 0 Å². The third-order valence-corrected chi connectivity index (χ3v) is 2.03. The fourth-order valence-corrected chi connectivity index (χ4v) is 1.52. The standard InChI is InChI=1S/C9H6N2/c1-2-8-5-6-10-9-4-3-7(1)11(8)9/h1-6H. The molecule has 3 heterocycles. The van der Waals surface area contributed by atoms with E-state index >= 15 is 0 Å². The molecule has 0 bridgehead atoms. The van der Waals surface area contributed by atoms with Crippen LogP contribution in [0.5, 0.6) is 0 Å². The Bertz CT molecular complexity index is 444. The van der Waals surface area contributed by atoms with Gasteiger partial charge in [-0.2, -0.15) is 0 Å². The molecule has 0 N–H and O–H groups in total. The molecular weight excluding hydrogens is 136 g/mol. The van der Waals surface area contributed by atoms with Crippen LogP contribution in [0.2, 0.25) is 0 Å². The van der Waals surface area contributed by atoms with Crippen molar-refractivity contribution in [3.05, 3.63) is 36.5 Å². The van der Waals surface area contributed by atoms with Crippen molar-refractivity contribution >= 4 is 16.7 Å². The van der Waals surface area contributed by atoms with Crippen LogP contribution in [0.1, 0.15) is 0 Å². The smallest absolute Gasteiger partial charge is 0.137 e. The maximum Gasteiger partial charge on any atom is 0.137 e. The molecule has 0 radical (unpaired) electrons. The van der Waals surface area contributed by atoms with Crippen molar-refractivity contribution in [2.45, 2.75) is 0 Å². The van der Waals surface area contributed by atoms with Gasteiger partial charge in [-0.15, -0.1) is 0 Å². The van der Waals surface area contributed by atoms with Crippen LogP contribution in [-0.4, -0.2) is 9.38 Å². The van der Waals surface area contributed by atoms with Crippen LogP contribution < -0.4 is 0 Å². The van der Waals surface area contributed by atoms with E-state index in [1.165, 1.54) is 11.0 Å². The molecule has 0 unspecified atom stereocenters. The molecule has 0 aliphatic heterocycles. The van der Waals surface area contributed by atoms with E-state index in [9.17, 15) is 0 Å². The molecule has 0 atom stereocenters. The first-order valence-electron chi connectivity index (χ1n) is 3.60. The second-order valence-corrected chi connectivity index (χ2v) is 2.65. The number of hydrogen-bond acceptors (Lipinski definition) is 1. The van der Waals surface area contributed by atoms with E-state index < -0.39 is 0 Å². The minimum Gasteiger partial charge on any atom is -0.295 e. The third-order valence-electron chi connectivity index (χ3n) is 2.03. The SMILES string of the molecule is c1cc2ccc3ccc(n1)n23. The van der Waals surface area contributed by atoms with Gasteiger partial charge in [0, 0.05) is 17.2 Å². The first-order valence-corrected chi connectivity index (χ1v) is 3.60. The highest BCUT2D eigenvalue weighted by molar-refractivity contribution is 5.71. The molecule has 0 saturated carbocycles. The van der Waals surface area contributed by atoms with Gasteiger partial charge in [0.2, 0.25) is 0 Å². The Morgan fingerprint density at radius 3 is 2.55 bits per heavy atom. The Hall–Kier alpha value is -1.57. The second kappa shape index (κ2) is 1.53. The van der Waals surface area contributed by atoms with Crippen molar-refractivity contribution in [1.82, 2.24) is 9.38 Å². The lowest BCUT2D eigenvalue weighted by molar-refractivity contribution is 1.23. The fourth-order valence-electron chi connectivity index (χ4n) is 1.52. The number of rotatable bonds is 0. The van der Waals surface area contributed by atoms with Crippen LogP contribution >= 0.6 is 0 Å². The van der Waals surface area contributed by atoms with E-state index in [-0.39, 0.29) is 0 Å². The minimum absolute atomic E-state index is 1.03. The van der Waals surface area contributed by atoms with E-state index in [1.54, 1.807) is 0 Å². The predicted molar refractivity (Wildman–Crippen MR) is 43.9 cm³/mol. The average Bonchev–Trinajstić information content (AvgIpc) is 2.60. The highest BCUT2D eigenvalue weighted by atomic mass is 15.0. The van der Waals surface area contributed by atoms with Crippen LogP contribution in [0.3, 0.4) is 0 Å². The van der Waals surface area contributed by atoms with Crippen molar-refractivity contribution in [3.63, 3.8) is 0 Å². The van der Waals surface area contributed by atoms with Gasteiger partial charge in [-0.05, 0) is 30.3 Å². The molecule has 3 rings (SSSR count). The van der Waals surface area contributed by atoms with Gasteiger partial charge < -0.3 is 0 Å². The quantitative estimate of drug-likeness (QED) is 0.468. The summed E-state index contributed by atoms with van der Waals surface area (Å²) in [5.41, 5.74) is 3.47. The van der Waals surface area contributed by atoms with Crippen LogP contribution in [0, 0.1) is 0 Å². The van der Waals surface area contributed by atoms with E-state index in [1.807, 2.05) is 18.3 Å². The lowest BCUT2D eigenvalue weighted by atomic mass is 10.4. The molecule has 3 aromatic rings. The van der Waals surface area contributed by atoms with Crippen molar-refractivity contribution in [2.24, 2.45) is 0 Å². The number of hydrogen-bond donors (Lipinski definition) is 0. The van der Waals surface area contributed by atoms with Gasteiger partial charge in [0.05, 0.1) is 0 Å². The van der Waals surface area contributed by atoms with Gasteiger partial charge in [0.1, 0.15) is 5.65 Å². The van der Waals surface area contributed by atoms with E-state index in [0.717, 1.165) is 5.65 Å². The first-order chi connectivity index (χ1) is 5.45. The fraction of sp³-hybridized carbons (Fsp3) is 0. The molecule has 0 aromatic carbocycles. The summed E-state index contributed by atoms with van der Waals surface area (Å²) in [5, 5.41) is 0. The van der Waals surface area contributed by atoms with E-state index in [4.69, 9.17) is 0 Å². The molecule has 0 saturated heterocycles. The molecule has 0 fully saturated rings. The van der Waals surface area contributed by atoms with Gasteiger partial charge in [0.25, 0.3) is 0 Å². The van der Waals surface area contributed by atoms with Gasteiger partial charge >= 0.3 is 0 Å². The summed E-state index contributed by atoms with van der Waals surface area (Å²) in [6, 6.07) is 10.3. The topological polar surface area (TPSA) is 17.3 Å². The summed E-state index contributed by atoms with van der Waals surface area (Å²) in [7, 11) is 0. The Balaban J connectivity index is 2.83. The Labute approximate surface area is 63.4 Å². The zero-order chi connectivity index (χ0) is 7.26. The molecule has 0 amide bonds. The summed E-state index contributed by atoms with van der Waals surface area (Å²) < 4.78 is 2.14. The van der Waals surface area contributed by atoms with E-state index in [2.05, 4.69) is 27.6 Å². The normalized spacial score (nSPS) is 11.6. The highest BCUT2D eigenvalue weighted by Gasteiger charge is 2.00. The summed E-state index contributed by atoms with van der Waals surface area (Å²) in [6.07, 6.45) is 1.84. The van der Waals surface area contributed by atoms with Gasteiger partial charge in [-0.25, -0.2) is 4.98 Å². The van der Waals surface area contributed by atoms with Crippen molar-refractivity contribution in [1.29, 1.82) is 0 Å². The average molecular weight is 142 g/mol. The molecule has 0 spiro atoms. The van der Waals surface area contributed by atoms with E-state index in [0.29, 0.717) is 0 Å². The number of nitrogens with zero attached hydrogens (tertiary/aromatic N) is 2. The molecule has 2 nitrogen and oxygen atoms in total. The monoisotopic (exact) mass is 142 g/mol. The van der Waals surface area contributed by atoms with Crippen LogP contribution in [0.15, 0.2) is 36.5 Å². The summed E-state index contributed by atoms with van der Waals surface area (Å²) in [6.45, 7) is 0. The predicted octanol–water partition coefficient (Wildman–Crippen LogP) is 1.93.